The Labute approximate surface area is 164 Å². The summed E-state index contributed by atoms with van der Waals surface area (Å²) >= 11 is 0. The maximum atomic E-state index is 12.9. The summed E-state index contributed by atoms with van der Waals surface area (Å²) in [5, 5.41) is 0. The van der Waals surface area contributed by atoms with Crippen molar-refractivity contribution < 1.29 is 9.53 Å². The van der Waals surface area contributed by atoms with Gasteiger partial charge in [0.25, 0.3) is 5.91 Å². The van der Waals surface area contributed by atoms with E-state index in [1.165, 1.54) is 0 Å². The number of likely N-dealkylation sites (tertiary alicyclic amines) is 1. The van der Waals surface area contributed by atoms with E-state index in [1.807, 2.05) is 65.2 Å². The molecule has 1 aromatic carbocycles. The fourth-order valence-corrected chi connectivity index (χ4v) is 3.53. The Bertz CT molecular complexity index is 921. The summed E-state index contributed by atoms with van der Waals surface area (Å²) in [5.74, 6) is 0.942. The van der Waals surface area contributed by atoms with Crippen molar-refractivity contribution in [3.05, 3.63) is 72.3 Å². The lowest BCUT2D eigenvalue weighted by molar-refractivity contribution is -0.00785. The van der Waals surface area contributed by atoms with Crippen LogP contribution in [0.1, 0.15) is 28.9 Å². The Morgan fingerprint density at radius 1 is 1.14 bits per heavy atom. The number of aromatic nitrogens is 3. The van der Waals surface area contributed by atoms with Gasteiger partial charge in [-0.05, 0) is 37.1 Å². The Morgan fingerprint density at radius 3 is 2.71 bits per heavy atom. The molecular weight excluding hydrogens is 352 g/mol. The van der Waals surface area contributed by atoms with Crippen LogP contribution in [-0.2, 0) is 18.4 Å². The molecule has 1 atom stereocenters. The third-order valence-corrected chi connectivity index (χ3v) is 5.07. The van der Waals surface area contributed by atoms with Crippen LogP contribution >= 0.6 is 0 Å². The monoisotopic (exact) mass is 376 g/mol. The van der Waals surface area contributed by atoms with E-state index in [0.717, 1.165) is 36.5 Å². The molecule has 1 amide bonds. The third-order valence-electron chi connectivity index (χ3n) is 5.07. The first-order valence-electron chi connectivity index (χ1n) is 9.59. The highest BCUT2D eigenvalue weighted by Crippen LogP contribution is 2.20. The van der Waals surface area contributed by atoms with Gasteiger partial charge in [0.15, 0.2) is 0 Å². The summed E-state index contributed by atoms with van der Waals surface area (Å²) in [6, 6.07) is 13.5. The molecule has 3 aromatic rings. The number of pyridine rings is 1. The lowest BCUT2D eigenvalue weighted by Crippen LogP contribution is -2.43. The lowest BCUT2D eigenvalue weighted by Gasteiger charge is -2.32. The number of imidazole rings is 1. The number of carbonyl (C=O) groups is 1. The highest BCUT2D eigenvalue weighted by Gasteiger charge is 2.25. The first kappa shape index (κ1) is 18.4. The van der Waals surface area contributed by atoms with Gasteiger partial charge in [0, 0.05) is 49.9 Å². The number of ether oxygens (including phenoxy) is 1. The Morgan fingerprint density at radius 2 is 2.00 bits per heavy atom. The molecule has 1 aliphatic rings. The second-order valence-electron chi connectivity index (χ2n) is 7.09. The largest absolute Gasteiger partial charge is 0.370 e. The molecule has 0 radical (unpaired) electrons. The van der Waals surface area contributed by atoms with Crippen LogP contribution in [0.4, 0.5) is 0 Å². The summed E-state index contributed by atoms with van der Waals surface area (Å²) in [6.45, 7) is 1.86. The van der Waals surface area contributed by atoms with E-state index < -0.39 is 0 Å². The maximum Gasteiger partial charge on any atom is 0.253 e. The topological polar surface area (TPSA) is 60.2 Å². The summed E-state index contributed by atoms with van der Waals surface area (Å²) in [6.07, 6.45) is 7.41. The minimum atomic E-state index is 0.0477. The Balaban J connectivity index is 1.38. The fraction of sp³-hybridized carbons (Fsp3) is 0.318. The number of amides is 1. The van der Waals surface area contributed by atoms with Crippen molar-refractivity contribution in [2.45, 2.75) is 25.6 Å². The van der Waals surface area contributed by atoms with Crippen molar-refractivity contribution in [1.82, 2.24) is 19.4 Å². The van der Waals surface area contributed by atoms with Gasteiger partial charge in [-0.15, -0.1) is 0 Å². The molecule has 6 heteroatoms. The van der Waals surface area contributed by atoms with Crippen LogP contribution in [0.2, 0.25) is 0 Å². The molecule has 6 nitrogen and oxygen atoms in total. The molecule has 1 fully saturated rings. The molecule has 144 valence electrons. The SMILES string of the molecule is Cn1ccnc1-c1ccc(C(=O)N2CCCC(OCc3ccccn3)C2)cc1. The number of nitrogens with zero attached hydrogens (tertiary/aromatic N) is 4. The molecule has 2 aromatic heterocycles. The molecule has 1 unspecified atom stereocenters. The normalized spacial score (nSPS) is 16.9. The van der Waals surface area contributed by atoms with E-state index in [2.05, 4.69) is 9.97 Å². The standard InChI is InChI=1S/C22H24N4O2/c1-25-14-12-24-21(25)17-7-9-18(10-8-17)22(27)26-13-4-6-20(15-26)28-16-19-5-2-3-11-23-19/h2-3,5,7-12,14,20H,4,6,13,15-16H2,1H3. The quantitative estimate of drug-likeness (QED) is 0.685. The number of rotatable bonds is 5. The molecule has 4 rings (SSSR count). The molecule has 0 saturated carbocycles. The molecule has 3 heterocycles. The second kappa shape index (κ2) is 8.35. The van der Waals surface area contributed by atoms with Gasteiger partial charge in [-0.3, -0.25) is 9.78 Å². The maximum absolute atomic E-state index is 12.9. The minimum Gasteiger partial charge on any atom is -0.370 e. The lowest BCUT2D eigenvalue weighted by atomic mass is 10.1. The Hall–Kier alpha value is -2.99. The van der Waals surface area contributed by atoms with Gasteiger partial charge in [-0.1, -0.05) is 18.2 Å². The molecule has 0 bridgehead atoms. The zero-order valence-corrected chi connectivity index (χ0v) is 16.0. The van der Waals surface area contributed by atoms with Crippen LogP contribution in [0.5, 0.6) is 0 Å². The average molecular weight is 376 g/mol. The molecule has 1 saturated heterocycles. The summed E-state index contributed by atoms with van der Waals surface area (Å²) in [7, 11) is 1.96. The number of piperidine rings is 1. The first-order chi connectivity index (χ1) is 13.7. The van der Waals surface area contributed by atoms with Gasteiger partial charge in [-0.25, -0.2) is 4.98 Å². The smallest absolute Gasteiger partial charge is 0.253 e. The van der Waals surface area contributed by atoms with Crippen LogP contribution in [0, 0.1) is 0 Å². The van der Waals surface area contributed by atoms with Crippen molar-refractivity contribution in [1.29, 1.82) is 0 Å². The van der Waals surface area contributed by atoms with Gasteiger partial charge in [-0.2, -0.15) is 0 Å². The minimum absolute atomic E-state index is 0.0477. The van der Waals surface area contributed by atoms with Crippen molar-refractivity contribution in [2.24, 2.45) is 7.05 Å². The van der Waals surface area contributed by atoms with Crippen LogP contribution in [0.25, 0.3) is 11.4 Å². The van der Waals surface area contributed by atoms with Crippen molar-refractivity contribution in [3.8, 4) is 11.4 Å². The van der Waals surface area contributed by atoms with E-state index in [1.54, 1.807) is 12.4 Å². The summed E-state index contributed by atoms with van der Waals surface area (Å²) in [4.78, 5) is 23.5. The van der Waals surface area contributed by atoms with E-state index >= 15 is 0 Å². The van der Waals surface area contributed by atoms with Crippen LogP contribution in [0.15, 0.2) is 61.1 Å². The van der Waals surface area contributed by atoms with E-state index in [9.17, 15) is 4.79 Å². The number of benzene rings is 1. The molecular formula is C22H24N4O2. The van der Waals surface area contributed by atoms with Gasteiger partial charge in [0.05, 0.1) is 18.4 Å². The highest BCUT2D eigenvalue weighted by molar-refractivity contribution is 5.94. The molecule has 28 heavy (non-hydrogen) atoms. The van der Waals surface area contributed by atoms with Gasteiger partial charge < -0.3 is 14.2 Å². The van der Waals surface area contributed by atoms with Gasteiger partial charge in [0.2, 0.25) is 0 Å². The Kier molecular flexibility index (Phi) is 5.48. The van der Waals surface area contributed by atoms with E-state index in [0.29, 0.717) is 18.7 Å². The molecule has 0 aliphatic carbocycles. The highest BCUT2D eigenvalue weighted by atomic mass is 16.5. The van der Waals surface area contributed by atoms with E-state index in [-0.39, 0.29) is 12.0 Å². The van der Waals surface area contributed by atoms with Crippen LogP contribution < -0.4 is 0 Å². The number of hydrogen-bond acceptors (Lipinski definition) is 4. The number of carbonyl (C=O) groups excluding carboxylic acids is 1. The molecule has 0 N–H and O–H groups in total. The van der Waals surface area contributed by atoms with Crippen molar-refractivity contribution in [2.75, 3.05) is 13.1 Å². The zero-order chi connectivity index (χ0) is 19.3. The molecule has 0 spiro atoms. The first-order valence-corrected chi connectivity index (χ1v) is 9.59. The number of hydrogen-bond donors (Lipinski definition) is 0. The fourth-order valence-electron chi connectivity index (χ4n) is 3.53. The van der Waals surface area contributed by atoms with Crippen molar-refractivity contribution in [3.63, 3.8) is 0 Å². The predicted molar refractivity (Wildman–Crippen MR) is 107 cm³/mol. The predicted octanol–water partition coefficient (Wildman–Crippen LogP) is 3.30. The van der Waals surface area contributed by atoms with E-state index in [4.69, 9.17) is 4.74 Å². The van der Waals surface area contributed by atoms with Crippen LogP contribution in [-0.4, -0.2) is 44.5 Å². The second-order valence-corrected chi connectivity index (χ2v) is 7.09. The number of aryl methyl sites for hydroxylation is 1. The van der Waals surface area contributed by atoms with Crippen LogP contribution in [0.3, 0.4) is 0 Å². The zero-order valence-electron chi connectivity index (χ0n) is 16.0. The molecule has 1 aliphatic heterocycles. The summed E-state index contributed by atoms with van der Waals surface area (Å²) in [5.41, 5.74) is 2.61. The van der Waals surface area contributed by atoms with Gasteiger partial charge >= 0.3 is 0 Å². The third kappa shape index (κ3) is 4.12. The summed E-state index contributed by atoms with van der Waals surface area (Å²) < 4.78 is 7.96. The van der Waals surface area contributed by atoms with Crippen molar-refractivity contribution >= 4 is 5.91 Å². The average Bonchev–Trinajstić information content (AvgIpc) is 3.19. The van der Waals surface area contributed by atoms with Gasteiger partial charge in [0.1, 0.15) is 5.82 Å².